The zero-order valence-electron chi connectivity index (χ0n) is 7.18. The van der Waals surface area contributed by atoms with Crippen LogP contribution >= 0.6 is 0 Å². The standard InChI is InChI=1S/C8H9FN2O3/c9-7-2-1-5(11(13)14)3-6(7)8(12)4-10/h1-3,8,12H,4,10H2/t8-/m0/s1. The predicted octanol–water partition coefficient (Wildman–Crippen LogP) is 0.726. The Hall–Kier alpha value is -1.53. The number of aliphatic hydroxyl groups excluding tert-OH is 1. The van der Waals surface area contributed by atoms with E-state index in [9.17, 15) is 19.6 Å². The third kappa shape index (κ3) is 2.04. The molecular weight excluding hydrogens is 191 g/mol. The molecule has 0 amide bonds. The van der Waals surface area contributed by atoms with Crippen molar-refractivity contribution >= 4 is 5.69 Å². The lowest BCUT2D eigenvalue weighted by molar-refractivity contribution is -0.385. The van der Waals surface area contributed by atoms with Crippen molar-refractivity contribution in [1.29, 1.82) is 0 Å². The molecule has 76 valence electrons. The first-order chi connectivity index (χ1) is 6.56. The van der Waals surface area contributed by atoms with Crippen molar-refractivity contribution in [3.05, 3.63) is 39.7 Å². The van der Waals surface area contributed by atoms with E-state index < -0.39 is 16.8 Å². The Bertz CT molecular complexity index is 356. The molecule has 0 aliphatic heterocycles. The molecule has 0 bridgehead atoms. The lowest BCUT2D eigenvalue weighted by Crippen LogP contribution is -2.13. The molecule has 0 saturated carbocycles. The first kappa shape index (κ1) is 10.6. The minimum atomic E-state index is -1.21. The molecule has 0 saturated heterocycles. The van der Waals surface area contributed by atoms with Crippen molar-refractivity contribution in [3.8, 4) is 0 Å². The quantitative estimate of drug-likeness (QED) is 0.555. The fourth-order valence-electron chi connectivity index (χ4n) is 1.03. The normalized spacial score (nSPS) is 12.5. The molecule has 0 fully saturated rings. The van der Waals surface area contributed by atoms with Gasteiger partial charge >= 0.3 is 0 Å². The highest BCUT2D eigenvalue weighted by Gasteiger charge is 2.15. The number of benzene rings is 1. The van der Waals surface area contributed by atoms with Crippen LogP contribution in [0.3, 0.4) is 0 Å². The molecule has 1 atom stereocenters. The lowest BCUT2D eigenvalue weighted by atomic mass is 10.1. The number of aliphatic hydroxyl groups is 1. The Kier molecular flexibility index (Phi) is 3.10. The fourth-order valence-corrected chi connectivity index (χ4v) is 1.03. The summed E-state index contributed by atoms with van der Waals surface area (Å²) < 4.78 is 13.0. The topological polar surface area (TPSA) is 89.4 Å². The number of halogens is 1. The maximum atomic E-state index is 13.0. The molecule has 0 spiro atoms. The monoisotopic (exact) mass is 200 g/mol. The highest BCUT2D eigenvalue weighted by molar-refractivity contribution is 5.36. The first-order valence-electron chi connectivity index (χ1n) is 3.88. The molecule has 1 aromatic carbocycles. The van der Waals surface area contributed by atoms with E-state index in [0.717, 1.165) is 18.2 Å². The molecule has 0 aliphatic carbocycles. The largest absolute Gasteiger partial charge is 0.387 e. The molecule has 0 radical (unpaired) electrons. The van der Waals surface area contributed by atoms with E-state index in [-0.39, 0.29) is 17.8 Å². The Morgan fingerprint density at radius 1 is 1.64 bits per heavy atom. The smallest absolute Gasteiger partial charge is 0.270 e. The number of rotatable bonds is 3. The van der Waals surface area contributed by atoms with Gasteiger partial charge in [0.2, 0.25) is 0 Å². The molecule has 0 aromatic heterocycles. The third-order valence-corrected chi connectivity index (χ3v) is 1.77. The molecule has 1 rings (SSSR count). The van der Waals surface area contributed by atoms with Crippen molar-refractivity contribution in [2.24, 2.45) is 5.73 Å². The van der Waals surface area contributed by atoms with Gasteiger partial charge in [-0.3, -0.25) is 10.1 Å². The van der Waals surface area contributed by atoms with Gasteiger partial charge in [0.15, 0.2) is 0 Å². The summed E-state index contributed by atoms with van der Waals surface area (Å²) in [6, 6.07) is 2.95. The summed E-state index contributed by atoms with van der Waals surface area (Å²) in [4.78, 5) is 9.69. The van der Waals surface area contributed by atoms with E-state index in [4.69, 9.17) is 5.73 Å². The van der Waals surface area contributed by atoms with Crippen LogP contribution in [0.5, 0.6) is 0 Å². The Balaban J connectivity index is 3.14. The summed E-state index contributed by atoms with van der Waals surface area (Å²) >= 11 is 0. The van der Waals surface area contributed by atoms with Gasteiger partial charge in [-0.1, -0.05) is 0 Å². The number of nitrogens with two attached hydrogens (primary N) is 1. The summed E-state index contributed by atoms with van der Waals surface area (Å²) in [5, 5.41) is 19.6. The molecule has 0 unspecified atom stereocenters. The molecule has 0 aliphatic rings. The van der Waals surface area contributed by atoms with Crippen LogP contribution in [0.25, 0.3) is 0 Å². The summed E-state index contributed by atoms with van der Waals surface area (Å²) in [5.74, 6) is -0.700. The Morgan fingerprint density at radius 3 is 2.79 bits per heavy atom. The van der Waals surface area contributed by atoms with Gasteiger partial charge in [-0.15, -0.1) is 0 Å². The second kappa shape index (κ2) is 4.12. The Morgan fingerprint density at radius 2 is 2.29 bits per heavy atom. The minimum absolute atomic E-state index is 0.151. The third-order valence-electron chi connectivity index (χ3n) is 1.77. The average molecular weight is 200 g/mol. The second-order valence-electron chi connectivity index (χ2n) is 2.71. The summed E-state index contributed by atoms with van der Waals surface area (Å²) in [6.45, 7) is -0.182. The molecule has 0 heterocycles. The molecular formula is C8H9FN2O3. The average Bonchev–Trinajstić information content (AvgIpc) is 2.17. The van der Waals surface area contributed by atoms with Crippen LogP contribution < -0.4 is 5.73 Å². The van der Waals surface area contributed by atoms with E-state index in [0.29, 0.717) is 0 Å². The van der Waals surface area contributed by atoms with E-state index in [1.165, 1.54) is 0 Å². The van der Waals surface area contributed by atoms with Gasteiger partial charge in [-0.05, 0) is 6.07 Å². The number of nitrogens with zero attached hydrogens (tertiary/aromatic N) is 1. The predicted molar refractivity (Wildman–Crippen MR) is 47.1 cm³/mol. The van der Waals surface area contributed by atoms with Crippen molar-refractivity contribution in [2.45, 2.75) is 6.10 Å². The van der Waals surface area contributed by atoms with Crippen LogP contribution in [0.1, 0.15) is 11.7 Å². The highest BCUT2D eigenvalue weighted by atomic mass is 19.1. The minimum Gasteiger partial charge on any atom is -0.387 e. The van der Waals surface area contributed by atoms with Gasteiger partial charge in [0.1, 0.15) is 5.82 Å². The van der Waals surface area contributed by atoms with Crippen molar-refractivity contribution < 1.29 is 14.4 Å². The van der Waals surface area contributed by atoms with E-state index in [1.54, 1.807) is 0 Å². The van der Waals surface area contributed by atoms with Gasteiger partial charge in [0, 0.05) is 24.2 Å². The molecule has 6 heteroatoms. The second-order valence-corrected chi connectivity index (χ2v) is 2.71. The van der Waals surface area contributed by atoms with Gasteiger partial charge in [-0.25, -0.2) is 4.39 Å². The molecule has 5 nitrogen and oxygen atoms in total. The SMILES string of the molecule is NC[C@H](O)c1cc([N+](=O)[O-])ccc1F. The van der Waals surface area contributed by atoms with Crippen LogP contribution in [0.15, 0.2) is 18.2 Å². The maximum Gasteiger partial charge on any atom is 0.270 e. The zero-order chi connectivity index (χ0) is 10.7. The summed E-state index contributed by atoms with van der Waals surface area (Å²) in [7, 11) is 0. The van der Waals surface area contributed by atoms with E-state index in [1.807, 2.05) is 0 Å². The van der Waals surface area contributed by atoms with Crippen LogP contribution in [0.4, 0.5) is 10.1 Å². The number of nitro benzene ring substituents is 1. The van der Waals surface area contributed by atoms with Crippen LogP contribution in [-0.2, 0) is 0 Å². The molecule has 14 heavy (non-hydrogen) atoms. The number of non-ortho nitro benzene ring substituents is 1. The summed E-state index contributed by atoms with van der Waals surface area (Å²) in [5.41, 5.74) is 4.69. The van der Waals surface area contributed by atoms with Crippen LogP contribution in [0, 0.1) is 15.9 Å². The van der Waals surface area contributed by atoms with Crippen molar-refractivity contribution in [2.75, 3.05) is 6.54 Å². The first-order valence-corrected chi connectivity index (χ1v) is 3.88. The fraction of sp³-hybridized carbons (Fsp3) is 0.250. The number of hydrogen-bond donors (Lipinski definition) is 2. The highest BCUT2D eigenvalue weighted by Crippen LogP contribution is 2.21. The molecule has 3 N–H and O–H groups in total. The molecule has 1 aromatic rings. The summed E-state index contributed by atoms with van der Waals surface area (Å²) in [6.07, 6.45) is -1.21. The van der Waals surface area contributed by atoms with Gasteiger partial charge in [-0.2, -0.15) is 0 Å². The van der Waals surface area contributed by atoms with Crippen LogP contribution in [-0.4, -0.2) is 16.6 Å². The Labute approximate surface area is 79.1 Å². The van der Waals surface area contributed by atoms with Crippen molar-refractivity contribution in [1.82, 2.24) is 0 Å². The van der Waals surface area contributed by atoms with Crippen molar-refractivity contribution in [3.63, 3.8) is 0 Å². The maximum absolute atomic E-state index is 13.0. The van der Waals surface area contributed by atoms with Crippen LogP contribution in [0.2, 0.25) is 0 Å². The van der Waals surface area contributed by atoms with Gasteiger partial charge < -0.3 is 10.8 Å². The lowest BCUT2D eigenvalue weighted by Gasteiger charge is -2.08. The number of nitro groups is 1. The van der Waals surface area contributed by atoms with Gasteiger partial charge in [0.05, 0.1) is 11.0 Å². The van der Waals surface area contributed by atoms with E-state index in [2.05, 4.69) is 0 Å². The van der Waals surface area contributed by atoms with Gasteiger partial charge in [0.25, 0.3) is 5.69 Å². The zero-order valence-corrected chi connectivity index (χ0v) is 7.18. The van der Waals surface area contributed by atoms with E-state index >= 15 is 0 Å². The number of hydrogen-bond acceptors (Lipinski definition) is 4.